The fourth-order valence-electron chi connectivity index (χ4n) is 2.58. The maximum absolute atomic E-state index is 12.4. The zero-order chi connectivity index (χ0) is 15.3. The van der Waals surface area contributed by atoms with Crippen LogP contribution < -0.4 is 10.0 Å². The summed E-state index contributed by atoms with van der Waals surface area (Å²) in [5.74, 6) is 1.67. The fourth-order valence-corrected chi connectivity index (χ4v) is 5.02. The SMILES string of the molecule is CCNc1cc(S(=O)(=O)NC2CCC(SCC)C2)ccn1. The molecule has 0 amide bonds. The summed E-state index contributed by atoms with van der Waals surface area (Å²) >= 11 is 1.92. The van der Waals surface area contributed by atoms with Crippen molar-refractivity contribution in [3.05, 3.63) is 18.3 Å². The van der Waals surface area contributed by atoms with Gasteiger partial charge in [0.05, 0.1) is 4.90 Å². The zero-order valence-electron chi connectivity index (χ0n) is 12.5. The summed E-state index contributed by atoms with van der Waals surface area (Å²) in [6.07, 6.45) is 4.45. The van der Waals surface area contributed by atoms with Crippen LogP contribution in [-0.2, 0) is 10.0 Å². The maximum Gasteiger partial charge on any atom is 0.241 e. The van der Waals surface area contributed by atoms with E-state index in [-0.39, 0.29) is 10.9 Å². The smallest absolute Gasteiger partial charge is 0.241 e. The lowest BCUT2D eigenvalue weighted by Crippen LogP contribution is -2.33. The first kappa shape index (κ1) is 16.6. The van der Waals surface area contributed by atoms with Crippen molar-refractivity contribution in [3.63, 3.8) is 0 Å². The van der Waals surface area contributed by atoms with E-state index in [1.54, 1.807) is 6.07 Å². The van der Waals surface area contributed by atoms with Gasteiger partial charge in [0.1, 0.15) is 5.82 Å². The second-order valence-electron chi connectivity index (χ2n) is 5.12. The molecule has 2 unspecified atom stereocenters. The lowest BCUT2D eigenvalue weighted by molar-refractivity contribution is 0.552. The van der Waals surface area contributed by atoms with Gasteiger partial charge in [-0.2, -0.15) is 11.8 Å². The Morgan fingerprint density at radius 1 is 1.38 bits per heavy atom. The van der Waals surface area contributed by atoms with Crippen LogP contribution in [0.3, 0.4) is 0 Å². The molecular weight excluding hydrogens is 306 g/mol. The van der Waals surface area contributed by atoms with Crippen LogP contribution in [0.4, 0.5) is 5.82 Å². The van der Waals surface area contributed by atoms with Crippen LogP contribution in [0.15, 0.2) is 23.2 Å². The van der Waals surface area contributed by atoms with Gasteiger partial charge in [0.2, 0.25) is 10.0 Å². The van der Waals surface area contributed by atoms with Gasteiger partial charge < -0.3 is 5.32 Å². The summed E-state index contributed by atoms with van der Waals surface area (Å²) in [6, 6.07) is 3.17. The van der Waals surface area contributed by atoms with Crippen LogP contribution in [0.1, 0.15) is 33.1 Å². The molecule has 0 aliphatic heterocycles. The van der Waals surface area contributed by atoms with Crippen molar-refractivity contribution in [1.29, 1.82) is 0 Å². The molecule has 0 bridgehead atoms. The number of nitrogens with zero attached hydrogens (tertiary/aromatic N) is 1. The van der Waals surface area contributed by atoms with Gasteiger partial charge in [-0.3, -0.25) is 0 Å². The topological polar surface area (TPSA) is 71.1 Å². The highest BCUT2D eigenvalue weighted by Gasteiger charge is 2.28. The number of nitrogens with one attached hydrogen (secondary N) is 2. The van der Waals surface area contributed by atoms with Crippen LogP contribution in [0, 0.1) is 0 Å². The molecule has 21 heavy (non-hydrogen) atoms. The molecule has 2 N–H and O–H groups in total. The van der Waals surface area contributed by atoms with Gasteiger partial charge in [0, 0.05) is 30.1 Å². The van der Waals surface area contributed by atoms with Gasteiger partial charge >= 0.3 is 0 Å². The van der Waals surface area contributed by atoms with Gasteiger partial charge in [-0.15, -0.1) is 0 Å². The molecule has 1 aromatic rings. The molecule has 0 spiro atoms. The van der Waals surface area contributed by atoms with Crippen LogP contribution >= 0.6 is 11.8 Å². The first-order chi connectivity index (χ1) is 10.0. The summed E-state index contributed by atoms with van der Waals surface area (Å²) in [5.41, 5.74) is 0. The van der Waals surface area contributed by atoms with E-state index < -0.39 is 10.0 Å². The number of rotatable bonds is 7. The molecule has 2 atom stereocenters. The number of sulfonamides is 1. The molecule has 5 nitrogen and oxygen atoms in total. The molecule has 2 rings (SSSR count). The van der Waals surface area contributed by atoms with E-state index in [9.17, 15) is 8.42 Å². The molecule has 0 saturated heterocycles. The van der Waals surface area contributed by atoms with Gasteiger partial charge in [0.25, 0.3) is 0 Å². The Kier molecular flexibility index (Phi) is 5.89. The molecule has 118 valence electrons. The van der Waals surface area contributed by atoms with E-state index in [1.807, 2.05) is 18.7 Å². The predicted octanol–water partition coefficient (Wildman–Crippen LogP) is 2.47. The van der Waals surface area contributed by atoms with Crippen LogP contribution in [0.2, 0.25) is 0 Å². The van der Waals surface area contributed by atoms with Crippen LogP contribution in [0.5, 0.6) is 0 Å². The zero-order valence-corrected chi connectivity index (χ0v) is 14.1. The fraction of sp³-hybridized carbons (Fsp3) is 0.643. The molecule has 1 aliphatic carbocycles. The Morgan fingerprint density at radius 2 is 2.19 bits per heavy atom. The Balaban J connectivity index is 2.03. The van der Waals surface area contributed by atoms with Gasteiger partial charge in [-0.1, -0.05) is 6.92 Å². The van der Waals surface area contributed by atoms with E-state index in [1.165, 1.54) is 12.3 Å². The molecule has 1 aromatic heterocycles. The number of hydrogen-bond donors (Lipinski definition) is 2. The number of aromatic nitrogens is 1. The minimum Gasteiger partial charge on any atom is -0.370 e. The minimum absolute atomic E-state index is 0.0507. The molecule has 1 fully saturated rings. The lowest BCUT2D eigenvalue weighted by atomic mass is 10.3. The standard InChI is InChI=1S/C14H23N3O2S2/c1-3-15-14-10-13(7-8-16-14)21(18,19)17-11-5-6-12(9-11)20-4-2/h7-8,10-12,17H,3-6,9H2,1-2H3,(H,15,16). The molecule has 1 saturated carbocycles. The van der Waals surface area contributed by atoms with Gasteiger partial charge in [-0.25, -0.2) is 18.1 Å². The Morgan fingerprint density at radius 3 is 2.90 bits per heavy atom. The third kappa shape index (κ3) is 4.59. The first-order valence-corrected chi connectivity index (χ1v) is 9.92. The third-order valence-corrected chi connectivity index (χ3v) is 6.26. The summed E-state index contributed by atoms with van der Waals surface area (Å²) in [4.78, 5) is 4.38. The van der Waals surface area contributed by atoms with Crippen molar-refractivity contribution in [2.75, 3.05) is 17.6 Å². The van der Waals surface area contributed by atoms with E-state index in [0.717, 1.165) is 25.0 Å². The van der Waals surface area contributed by atoms with Crippen molar-refractivity contribution in [1.82, 2.24) is 9.71 Å². The maximum atomic E-state index is 12.4. The molecule has 0 aromatic carbocycles. The van der Waals surface area contributed by atoms with Crippen molar-refractivity contribution in [3.8, 4) is 0 Å². The minimum atomic E-state index is -3.46. The normalized spacial score (nSPS) is 22.4. The second-order valence-corrected chi connectivity index (χ2v) is 8.41. The quantitative estimate of drug-likeness (QED) is 0.804. The summed E-state index contributed by atoms with van der Waals surface area (Å²) in [5, 5.41) is 3.61. The Hall–Kier alpha value is -0.790. The Bertz CT molecular complexity index is 563. The number of thioether (sulfide) groups is 1. The van der Waals surface area contributed by atoms with Crippen molar-refractivity contribution in [2.24, 2.45) is 0 Å². The third-order valence-electron chi connectivity index (χ3n) is 3.51. The summed E-state index contributed by atoms with van der Waals surface area (Å²) < 4.78 is 27.7. The largest absolute Gasteiger partial charge is 0.370 e. The second kappa shape index (κ2) is 7.47. The average molecular weight is 329 g/mol. The highest BCUT2D eigenvalue weighted by atomic mass is 32.2. The van der Waals surface area contributed by atoms with E-state index >= 15 is 0 Å². The van der Waals surface area contributed by atoms with Crippen molar-refractivity contribution < 1.29 is 8.42 Å². The molecule has 1 heterocycles. The highest BCUT2D eigenvalue weighted by molar-refractivity contribution is 7.99. The molecule has 0 radical (unpaired) electrons. The summed E-state index contributed by atoms with van der Waals surface area (Å²) in [6.45, 7) is 4.80. The van der Waals surface area contributed by atoms with E-state index in [2.05, 4.69) is 21.9 Å². The lowest BCUT2D eigenvalue weighted by Gasteiger charge is -2.14. The van der Waals surface area contributed by atoms with Gasteiger partial charge in [-0.05, 0) is 38.0 Å². The van der Waals surface area contributed by atoms with Crippen molar-refractivity contribution in [2.45, 2.75) is 49.3 Å². The number of anilines is 1. The Labute approximate surface area is 131 Å². The monoisotopic (exact) mass is 329 g/mol. The van der Waals surface area contributed by atoms with Gasteiger partial charge in [0.15, 0.2) is 0 Å². The summed E-state index contributed by atoms with van der Waals surface area (Å²) in [7, 11) is -3.46. The first-order valence-electron chi connectivity index (χ1n) is 7.39. The van der Waals surface area contributed by atoms with E-state index in [4.69, 9.17) is 0 Å². The van der Waals surface area contributed by atoms with Crippen LogP contribution in [-0.4, -0.2) is 37.0 Å². The van der Waals surface area contributed by atoms with Crippen LogP contribution in [0.25, 0.3) is 0 Å². The predicted molar refractivity (Wildman–Crippen MR) is 88.3 cm³/mol. The molecular formula is C14H23N3O2S2. The average Bonchev–Trinajstić information content (AvgIpc) is 2.86. The number of hydrogen-bond acceptors (Lipinski definition) is 5. The molecule has 7 heteroatoms. The highest BCUT2D eigenvalue weighted by Crippen LogP contribution is 2.30. The van der Waals surface area contributed by atoms with E-state index in [0.29, 0.717) is 17.6 Å². The van der Waals surface area contributed by atoms with Crippen molar-refractivity contribution >= 4 is 27.6 Å². The number of pyridine rings is 1. The molecule has 1 aliphatic rings.